The normalized spacial score (nSPS) is 11.3. The van der Waals surface area contributed by atoms with Crippen molar-refractivity contribution >= 4 is 15.7 Å². The zero-order valence-corrected chi connectivity index (χ0v) is 11.0. The highest BCUT2D eigenvalue weighted by atomic mass is 32.2. The lowest BCUT2D eigenvalue weighted by atomic mass is 10.2. The molecule has 0 heterocycles. The number of rotatable bonds is 4. The summed E-state index contributed by atoms with van der Waals surface area (Å²) in [7, 11) is -4.02. The Kier molecular flexibility index (Phi) is 4.01. The maximum atomic E-state index is 13.1. The maximum absolute atomic E-state index is 13.1. The van der Waals surface area contributed by atoms with Crippen LogP contribution in [0.5, 0.6) is 0 Å². The van der Waals surface area contributed by atoms with E-state index in [-0.39, 0.29) is 17.2 Å². The lowest BCUT2D eigenvalue weighted by Gasteiger charge is -2.09. The van der Waals surface area contributed by atoms with E-state index in [2.05, 4.69) is 4.72 Å². The van der Waals surface area contributed by atoms with Crippen LogP contribution in [0.1, 0.15) is 5.56 Å². The average Bonchev–Trinajstić information content (AvgIpc) is 2.41. The fourth-order valence-corrected chi connectivity index (χ4v) is 2.65. The van der Waals surface area contributed by atoms with Crippen LogP contribution in [-0.2, 0) is 16.6 Å². The number of aliphatic hydroxyl groups is 1. The van der Waals surface area contributed by atoms with E-state index in [1.165, 1.54) is 12.1 Å². The molecule has 2 aromatic rings. The molecule has 0 saturated heterocycles. The van der Waals surface area contributed by atoms with Gasteiger partial charge in [-0.3, -0.25) is 4.72 Å². The van der Waals surface area contributed by atoms with E-state index in [0.717, 1.165) is 12.1 Å². The molecule has 106 valence electrons. The summed E-state index contributed by atoms with van der Waals surface area (Å²) >= 11 is 0. The van der Waals surface area contributed by atoms with E-state index < -0.39 is 21.7 Å². The third-order valence-electron chi connectivity index (χ3n) is 2.56. The Morgan fingerprint density at radius 2 is 1.80 bits per heavy atom. The van der Waals surface area contributed by atoms with Crippen molar-refractivity contribution in [2.75, 3.05) is 4.72 Å². The fraction of sp³-hybridized carbons (Fsp3) is 0.0769. The molecular formula is C13H11F2NO3S. The van der Waals surface area contributed by atoms with Crippen LogP contribution in [0.15, 0.2) is 47.4 Å². The minimum absolute atomic E-state index is 0.223. The number of benzene rings is 2. The van der Waals surface area contributed by atoms with Crippen LogP contribution in [0, 0.1) is 11.6 Å². The van der Waals surface area contributed by atoms with Gasteiger partial charge in [0.1, 0.15) is 0 Å². The number of aliphatic hydroxyl groups excluding tert-OH is 1. The molecule has 7 heteroatoms. The topological polar surface area (TPSA) is 66.4 Å². The highest BCUT2D eigenvalue weighted by Crippen LogP contribution is 2.19. The summed E-state index contributed by atoms with van der Waals surface area (Å²) < 4.78 is 52.1. The molecule has 0 amide bonds. The SMILES string of the molecule is O=S(=O)(Nc1cccc(CO)c1)c1ccc(F)c(F)c1. The van der Waals surface area contributed by atoms with Crippen molar-refractivity contribution in [3.8, 4) is 0 Å². The summed E-state index contributed by atoms with van der Waals surface area (Å²) in [5.41, 5.74) is 0.747. The predicted molar refractivity (Wildman–Crippen MR) is 69.5 cm³/mol. The third-order valence-corrected chi connectivity index (χ3v) is 3.94. The number of hydrogen-bond donors (Lipinski definition) is 2. The smallest absolute Gasteiger partial charge is 0.261 e. The largest absolute Gasteiger partial charge is 0.392 e. The molecule has 0 radical (unpaired) electrons. The highest BCUT2D eigenvalue weighted by molar-refractivity contribution is 7.92. The molecule has 2 rings (SSSR count). The average molecular weight is 299 g/mol. The lowest BCUT2D eigenvalue weighted by molar-refractivity contribution is 0.282. The van der Waals surface area contributed by atoms with Crippen molar-refractivity contribution in [1.82, 2.24) is 0 Å². The molecule has 2 N–H and O–H groups in total. The van der Waals surface area contributed by atoms with Gasteiger partial charge in [0.2, 0.25) is 0 Å². The zero-order chi connectivity index (χ0) is 14.8. The van der Waals surface area contributed by atoms with Crippen molar-refractivity contribution in [2.24, 2.45) is 0 Å². The summed E-state index contributed by atoms with van der Waals surface area (Å²) in [4.78, 5) is -0.384. The van der Waals surface area contributed by atoms with E-state index in [4.69, 9.17) is 5.11 Å². The van der Waals surface area contributed by atoms with Gasteiger partial charge in [-0.1, -0.05) is 12.1 Å². The predicted octanol–water partition coefficient (Wildman–Crippen LogP) is 2.26. The summed E-state index contributed by atoms with van der Waals surface area (Å²) in [6.45, 7) is -0.235. The van der Waals surface area contributed by atoms with E-state index in [0.29, 0.717) is 11.6 Å². The Hall–Kier alpha value is -1.99. The quantitative estimate of drug-likeness (QED) is 0.910. The fourth-order valence-electron chi connectivity index (χ4n) is 1.59. The van der Waals surface area contributed by atoms with Crippen LogP contribution < -0.4 is 4.72 Å². The van der Waals surface area contributed by atoms with Gasteiger partial charge in [-0.25, -0.2) is 17.2 Å². The van der Waals surface area contributed by atoms with Crippen molar-refractivity contribution in [3.05, 3.63) is 59.7 Å². The number of anilines is 1. The number of hydrogen-bond acceptors (Lipinski definition) is 3. The number of nitrogens with one attached hydrogen (secondary N) is 1. The molecule has 0 bridgehead atoms. The first-order valence-electron chi connectivity index (χ1n) is 5.60. The second-order valence-electron chi connectivity index (χ2n) is 4.04. The molecule has 2 aromatic carbocycles. The lowest BCUT2D eigenvalue weighted by Crippen LogP contribution is -2.13. The van der Waals surface area contributed by atoms with Crippen molar-refractivity contribution in [1.29, 1.82) is 0 Å². The van der Waals surface area contributed by atoms with Crippen molar-refractivity contribution < 1.29 is 22.3 Å². The van der Waals surface area contributed by atoms with Gasteiger partial charge < -0.3 is 5.11 Å². The first-order valence-corrected chi connectivity index (χ1v) is 7.08. The minimum atomic E-state index is -4.02. The molecule has 0 saturated carbocycles. The van der Waals surface area contributed by atoms with Crippen LogP contribution in [0.25, 0.3) is 0 Å². The van der Waals surface area contributed by atoms with Crippen LogP contribution >= 0.6 is 0 Å². The second-order valence-corrected chi connectivity index (χ2v) is 5.72. The monoisotopic (exact) mass is 299 g/mol. The molecule has 0 aliphatic carbocycles. The Bertz CT molecular complexity index is 732. The Labute approximate surface area is 114 Å². The van der Waals surface area contributed by atoms with Crippen LogP contribution in [0.2, 0.25) is 0 Å². The van der Waals surface area contributed by atoms with E-state index in [1.807, 2.05) is 0 Å². The Balaban J connectivity index is 2.32. The van der Waals surface area contributed by atoms with Gasteiger partial charge in [-0.05, 0) is 35.9 Å². The van der Waals surface area contributed by atoms with Crippen molar-refractivity contribution in [3.63, 3.8) is 0 Å². The maximum Gasteiger partial charge on any atom is 0.261 e. The molecule has 20 heavy (non-hydrogen) atoms. The van der Waals surface area contributed by atoms with Crippen LogP contribution in [0.4, 0.5) is 14.5 Å². The molecule has 0 aromatic heterocycles. The van der Waals surface area contributed by atoms with E-state index >= 15 is 0 Å². The summed E-state index contributed by atoms with van der Waals surface area (Å²) in [6, 6.07) is 8.43. The highest BCUT2D eigenvalue weighted by Gasteiger charge is 2.16. The van der Waals surface area contributed by atoms with Gasteiger partial charge in [0, 0.05) is 5.69 Å². The van der Waals surface area contributed by atoms with Crippen LogP contribution in [-0.4, -0.2) is 13.5 Å². The molecular weight excluding hydrogens is 288 g/mol. The standard InChI is InChI=1S/C13H11F2NO3S/c14-12-5-4-11(7-13(12)15)20(18,19)16-10-3-1-2-9(6-10)8-17/h1-7,16-17H,8H2. The second kappa shape index (κ2) is 5.56. The molecule has 0 aliphatic heterocycles. The Morgan fingerprint density at radius 3 is 2.45 bits per heavy atom. The summed E-state index contributed by atoms with van der Waals surface area (Å²) in [5, 5.41) is 8.98. The number of halogens is 2. The van der Waals surface area contributed by atoms with Gasteiger partial charge in [0.15, 0.2) is 11.6 Å². The summed E-state index contributed by atoms with van der Waals surface area (Å²) in [5.74, 6) is -2.36. The molecule has 0 atom stereocenters. The van der Waals surface area contributed by atoms with Crippen LogP contribution in [0.3, 0.4) is 0 Å². The molecule has 4 nitrogen and oxygen atoms in total. The van der Waals surface area contributed by atoms with E-state index in [9.17, 15) is 17.2 Å². The molecule has 0 fully saturated rings. The van der Waals surface area contributed by atoms with Gasteiger partial charge in [0.25, 0.3) is 10.0 Å². The van der Waals surface area contributed by atoms with Gasteiger partial charge in [-0.2, -0.15) is 0 Å². The molecule has 0 aliphatic rings. The first kappa shape index (κ1) is 14.4. The summed E-state index contributed by atoms with van der Waals surface area (Å²) in [6.07, 6.45) is 0. The van der Waals surface area contributed by atoms with Gasteiger partial charge in [-0.15, -0.1) is 0 Å². The number of sulfonamides is 1. The molecule has 0 spiro atoms. The molecule has 0 unspecified atom stereocenters. The van der Waals surface area contributed by atoms with E-state index in [1.54, 1.807) is 12.1 Å². The zero-order valence-electron chi connectivity index (χ0n) is 10.2. The minimum Gasteiger partial charge on any atom is -0.392 e. The Morgan fingerprint density at radius 1 is 1.05 bits per heavy atom. The van der Waals surface area contributed by atoms with Crippen molar-refractivity contribution in [2.45, 2.75) is 11.5 Å². The van der Waals surface area contributed by atoms with Gasteiger partial charge >= 0.3 is 0 Å². The first-order chi connectivity index (χ1) is 9.42. The third kappa shape index (κ3) is 3.12. The van der Waals surface area contributed by atoms with Gasteiger partial charge in [0.05, 0.1) is 11.5 Å².